The van der Waals surface area contributed by atoms with Crippen molar-refractivity contribution in [3.8, 4) is 0 Å². The molecule has 1 saturated carbocycles. The Morgan fingerprint density at radius 2 is 2.24 bits per heavy atom. The third-order valence-electron chi connectivity index (χ3n) is 3.41. The average molecular weight is 236 g/mol. The first kappa shape index (κ1) is 12.1. The Balaban J connectivity index is 1.59. The highest BCUT2D eigenvalue weighted by Crippen LogP contribution is 2.27. The smallest absolute Gasteiger partial charge is 0.226 e. The summed E-state index contributed by atoms with van der Waals surface area (Å²) >= 11 is 0. The molecule has 0 radical (unpaired) electrons. The van der Waals surface area contributed by atoms with Gasteiger partial charge in [0.2, 0.25) is 11.9 Å². The SMILES string of the molecule is O=C(CCCC1CCCCC1)Nc1ncn[nH]1. The normalized spacial score (nSPS) is 16.9. The van der Waals surface area contributed by atoms with E-state index >= 15 is 0 Å². The fourth-order valence-corrected chi connectivity index (χ4v) is 2.49. The number of carbonyl (C=O) groups excluding carboxylic acids is 1. The molecule has 0 saturated heterocycles. The molecule has 0 bridgehead atoms. The van der Waals surface area contributed by atoms with E-state index in [1.807, 2.05) is 0 Å². The van der Waals surface area contributed by atoms with Crippen molar-refractivity contribution < 1.29 is 4.79 Å². The quantitative estimate of drug-likeness (QED) is 0.825. The first-order valence-electron chi connectivity index (χ1n) is 6.50. The summed E-state index contributed by atoms with van der Waals surface area (Å²) in [5.41, 5.74) is 0. The largest absolute Gasteiger partial charge is 0.295 e. The molecule has 94 valence electrons. The summed E-state index contributed by atoms with van der Waals surface area (Å²) in [5.74, 6) is 1.31. The van der Waals surface area contributed by atoms with Crippen molar-refractivity contribution in [2.24, 2.45) is 5.92 Å². The van der Waals surface area contributed by atoms with E-state index in [1.54, 1.807) is 0 Å². The third-order valence-corrected chi connectivity index (χ3v) is 3.41. The van der Waals surface area contributed by atoms with Gasteiger partial charge in [-0.1, -0.05) is 32.1 Å². The fourth-order valence-electron chi connectivity index (χ4n) is 2.49. The molecule has 1 aromatic rings. The van der Waals surface area contributed by atoms with Crippen LogP contribution in [0, 0.1) is 5.92 Å². The lowest BCUT2D eigenvalue weighted by molar-refractivity contribution is -0.116. The zero-order valence-electron chi connectivity index (χ0n) is 10.1. The van der Waals surface area contributed by atoms with E-state index < -0.39 is 0 Å². The van der Waals surface area contributed by atoms with Crippen LogP contribution < -0.4 is 5.32 Å². The van der Waals surface area contributed by atoms with Crippen LogP contribution in [0.4, 0.5) is 5.95 Å². The van der Waals surface area contributed by atoms with Gasteiger partial charge in [-0.05, 0) is 18.8 Å². The van der Waals surface area contributed by atoms with E-state index in [9.17, 15) is 4.79 Å². The van der Waals surface area contributed by atoms with E-state index in [0.717, 1.165) is 12.3 Å². The zero-order chi connectivity index (χ0) is 11.9. The molecule has 1 amide bonds. The minimum atomic E-state index is 0.0255. The maximum absolute atomic E-state index is 11.6. The van der Waals surface area contributed by atoms with Gasteiger partial charge in [0.25, 0.3) is 0 Å². The van der Waals surface area contributed by atoms with Crippen LogP contribution >= 0.6 is 0 Å². The molecular weight excluding hydrogens is 216 g/mol. The lowest BCUT2D eigenvalue weighted by Gasteiger charge is -2.20. The lowest BCUT2D eigenvalue weighted by atomic mass is 9.86. The number of nitrogens with zero attached hydrogens (tertiary/aromatic N) is 2. The number of aromatic nitrogens is 3. The van der Waals surface area contributed by atoms with Crippen molar-refractivity contribution in [2.75, 3.05) is 5.32 Å². The van der Waals surface area contributed by atoms with E-state index in [4.69, 9.17) is 0 Å². The predicted molar refractivity (Wildman–Crippen MR) is 65.4 cm³/mol. The molecule has 0 aromatic carbocycles. The fraction of sp³-hybridized carbons (Fsp3) is 0.750. The van der Waals surface area contributed by atoms with Crippen molar-refractivity contribution >= 4 is 11.9 Å². The van der Waals surface area contributed by atoms with E-state index in [-0.39, 0.29) is 5.91 Å². The molecule has 0 spiro atoms. The minimum Gasteiger partial charge on any atom is -0.295 e. The van der Waals surface area contributed by atoms with Gasteiger partial charge in [0.15, 0.2) is 0 Å². The Kier molecular flexibility index (Phi) is 4.53. The zero-order valence-corrected chi connectivity index (χ0v) is 10.1. The van der Waals surface area contributed by atoms with Crippen molar-refractivity contribution in [2.45, 2.75) is 51.4 Å². The molecule has 1 fully saturated rings. The first-order chi connectivity index (χ1) is 8.34. The summed E-state index contributed by atoms with van der Waals surface area (Å²) in [7, 11) is 0. The van der Waals surface area contributed by atoms with Gasteiger partial charge in [0.05, 0.1) is 0 Å². The number of nitrogens with one attached hydrogen (secondary N) is 2. The molecular formula is C12H20N4O. The summed E-state index contributed by atoms with van der Waals surface area (Å²) < 4.78 is 0. The highest BCUT2D eigenvalue weighted by atomic mass is 16.1. The van der Waals surface area contributed by atoms with Gasteiger partial charge < -0.3 is 0 Å². The number of hydrogen-bond donors (Lipinski definition) is 2. The summed E-state index contributed by atoms with van der Waals surface area (Å²) in [4.78, 5) is 15.4. The molecule has 17 heavy (non-hydrogen) atoms. The Bertz CT molecular complexity index is 330. The van der Waals surface area contributed by atoms with E-state index in [0.29, 0.717) is 12.4 Å². The Morgan fingerprint density at radius 3 is 2.94 bits per heavy atom. The van der Waals surface area contributed by atoms with Crippen molar-refractivity contribution in [3.63, 3.8) is 0 Å². The summed E-state index contributed by atoms with van der Waals surface area (Å²) in [6.07, 6.45) is 11.0. The number of rotatable bonds is 5. The first-order valence-corrected chi connectivity index (χ1v) is 6.50. The molecule has 1 heterocycles. The number of carbonyl (C=O) groups is 1. The maximum Gasteiger partial charge on any atom is 0.226 e. The molecule has 1 aliphatic rings. The topological polar surface area (TPSA) is 70.7 Å². The van der Waals surface area contributed by atoms with Gasteiger partial charge in [-0.25, -0.2) is 5.10 Å². The predicted octanol–water partition coefficient (Wildman–Crippen LogP) is 2.49. The monoisotopic (exact) mass is 236 g/mol. The Morgan fingerprint density at radius 1 is 1.41 bits per heavy atom. The van der Waals surface area contributed by atoms with Gasteiger partial charge in [0.1, 0.15) is 6.33 Å². The van der Waals surface area contributed by atoms with Crippen LogP contribution in [0.3, 0.4) is 0 Å². The van der Waals surface area contributed by atoms with Crippen molar-refractivity contribution in [1.82, 2.24) is 15.2 Å². The van der Waals surface area contributed by atoms with E-state index in [2.05, 4.69) is 20.5 Å². The lowest BCUT2D eigenvalue weighted by Crippen LogP contribution is -2.13. The van der Waals surface area contributed by atoms with Crippen LogP contribution in [0.25, 0.3) is 0 Å². The van der Waals surface area contributed by atoms with Gasteiger partial charge in [0, 0.05) is 6.42 Å². The number of aromatic amines is 1. The third kappa shape index (κ3) is 4.17. The van der Waals surface area contributed by atoms with Gasteiger partial charge in [-0.15, -0.1) is 0 Å². The van der Waals surface area contributed by atoms with Crippen LogP contribution in [-0.2, 0) is 4.79 Å². The molecule has 5 heteroatoms. The maximum atomic E-state index is 11.6. The molecule has 2 N–H and O–H groups in total. The second-order valence-corrected chi connectivity index (χ2v) is 4.78. The van der Waals surface area contributed by atoms with Gasteiger partial charge in [-0.3, -0.25) is 10.1 Å². The molecule has 0 atom stereocenters. The number of amides is 1. The van der Waals surface area contributed by atoms with Crippen LogP contribution in [0.2, 0.25) is 0 Å². The Labute approximate surface area is 101 Å². The van der Waals surface area contributed by atoms with Crippen molar-refractivity contribution in [1.29, 1.82) is 0 Å². The number of H-pyrrole nitrogens is 1. The van der Waals surface area contributed by atoms with Gasteiger partial charge >= 0.3 is 0 Å². The molecule has 2 rings (SSSR count). The summed E-state index contributed by atoms with van der Waals surface area (Å²) in [6.45, 7) is 0. The van der Waals surface area contributed by atoms with Gasteiger partial charge in [-0.2, -0.15) is 10.1 Å². The highest BCUT2D eigenvalue weighted by Gasteiger charge is 2.13. The standard InChI is InChI=1S/C12H20N4O/c17-11(15-12-13-9-14-16-12)8-4-7-10-5-2-1-3-6-10/h9-10H,1-8H2,(H2,13,14,15,16,17). The molecule has 5 nitrogen and oxygen atoms in total. The molecule has 0 unspecified atom stereocenters. The summed E-state index contributed by atoms with van der Waals surface area (Å²) in [6, 6.07) is 0. The van der Waals surface area contributed by atoms with Crippen LogP contribution in [0.15, 0.2) is 6.33 Å². The molecule has 0 aliphatic heterocycles. The number of anilines is 1. The second-order valence-electron chi connectivity index (χ2n) is 4.78. The van der Waals surface area contributed by atoms with Crippen molar-refractivity contribution in [3.05, 3.63) is 6.33 Å². The van der Waals surface area contributed by atoms with Crippen LogP contribution in [0.1, 0.15) is 51.4 Å². The molecule has 1 aromatic heterocycles. The van der Waals surface area contributed by atoms with Crippen LogP contribution in [-0.4, -0.2) is 21.1 Å². The second kappa shape index (κ2) is 6.37. The summed E-state index contributed by atoms with van der Waals surface area (Å²) in [5, 5.41) is 8.98. The average Bonchev–Trinajstić information content (AvgIpc) is 2.83. The highest BCUT2D eigenvalue weighted by molar-refractivity contribution is 5.88. The Hall–Kier alpha value is -1.39. The molecule has 1 aliphatic carbocycles. The van der Waals surface area contributed by atoms with E-state index in [1.165, 1.54) is 44.9 Å². The number of hydrogen-bond acceptors (Lipinski definition) is 3. The minimum absolute atomic E-state index is 0.0255. The van der Waals surface area contributed by atoms with Crippen LogP contribution in [0.5, 0.6) is 0 Å².